The van der Waals surface area contributed by atoms with Gasteiger partial charge in [0.05, 0.1) is 0 Å². The molecule has 0 amide bonds. The highest BCUT2D eigenvalue weighted by molar-refractivity contribution is 8.35. The molecule has 0 saturated heterocycles. The molecule has 3 nitrogen and oxygen atoms in total. The molecule has 1 unspecified atom stereocenters. The van der Waals surface area contributed by atoms with Gasteiger partial charge in [-0.1, -0.05) is 15.5 Å². The second-order valence-electron chi connectivity index (χ2n) is 2.13. The van der Waals surface area contributed by atoms with E-state index in [2.05, 4.69) is 0 Å². The van der Waals surface area contributed by atoms with Gasteiger partial charge in [0.15, 0.2) is 0 Å². The summed E-state index contributed by atoms with van der Waals surface area (Å²) in [6.07, 6.45) is 1.66. The lowest BCUT2D eigenvalue weighted by atomic mass is 10.4. The van der Waals surface area contributed by atoms with E-state index in [1.54, 1.807) is 18.4 Å². The number of rotatable bonds is 1. The normalized spacial score (nSPS) is 24.8. The van der Waals surface area contributed by atoms with Crippen LogP contribution in [0.4, 0.5) is 0 Å². The molecule has 0 saturated carbocycles. The van der Waals surface area contributed by atoms with E-state index in [-0.39, 0.29) is 4.65 Å². The van der Waals surface area contributed by atoms with Crippen LogP contribution in [-0.4, -0.2) is 9.79 Å². The molecule has 0 aromatic carbocycles. The molecule has 0 aliphatic carbocycles. The molecule has 0 aromatic rings. The summed E-state index contributed by atoms with van der Waals surface area (Å²) in [5.41, 5.74) is 0.608. The average Bonchev–Trinajstić information content (AvgIpc) is 2.08. The summed E-state index contributed by atoms with van der Waals surface area (Å²) in [6, 6.07) is 0. The molecule has 11 heavy (non-hydrogen) atoms. The maximum Gasteiger partial charge on any atom is 0.363 e. The fourth-order valence-electron chi connectivity index (χ4n) is 0.805. The Balaban J connectivity index is 3.19. The van der Waals surface area contributed by atoms with Crippen molar-refractivity contribution in [2.75, 3.05) is 0 Å². The number of allylic oxidation sites excluding steroid dienone is 2. The zero-order chi connectivity index (χ0) is 8.65. The maximum atomic E-state index is 10.8. The summed E-state index contributed by atoms with van der Waals surface area (Å²) >= 11 is 4.84. The van der Waals surface area contributed by atoms with Gasteiger partial charge in [0, 0.05) is 0 Å². The summed E-state index contributed by atoms with van der Waals surface area (Å²) in [5.74, 6) is 0. The minimum absolute atomic E-state index is 0.104. The maximum absolute atomic E-state index is 10.8. The van der Waals surface area contributed by atoms with Crippen LogP contribution >= 0.6 is 7.60 Å². The minimum Gasteiger partial charge on any atom is -0.321 e. The molecule has 6 heteroatoms. The highest BCUT2D eigenvalue weighted by Gasteiger charge is 2.27. The quantitative estimate of drug-likeness (QED) is 0.634. The van der Waals surface area contributed by atoms with Gasteiger partial charge in [-0.3, -0.25) is 4.57 Å². The van der Waals surface area contributed by atoms with Gasteiger partial charge >= 0.3 is 7.60 Å². The minimum atomic E-state index is -4.10. The number of hydrogen-bond acceptors (Lipinski definition) is 2. The van der Waals surface area contributed by atoms with E-state index in [1.807, 2.05) is 0 Å². The van der Waals surface area contributed by atoms with Gasteiger partial charge in [0.2, 0.25) is 0 Å². The fraction of sp³-hybridized carbons (Fsp3) is 0.200. The molecule has 62 valence electrons. The smallest absolute Gasteiger partial charge is 0.321 e. The Morgan fingerprint density at radius 3 is 2.36 bits per heavy atom. The van der Waals surface area contributed by atoms with E-state index >= 15 is 0 Å². The van der Waals surface area contributed by atoms with Crippen LogP contribution in [0.15, 0.2) is 21.7 Å². The third kappa shape index (κ3) is 1.86. The molecule has 1 rings (SSSR count). The van der Waals surface area contributed by atoms with Crippen LogP contribution in [-0.2, 0) is 25.2 Å². The molecule has 0 aromatic heterocycles. The lowest BCUT2D eigenvalue weighted by Gasteiger charge is -2.05. The first-order chi connectivity index (χ1) is 4.93. The highest BCUT2D eigenvalue weighted by Crippen LogP contribution is 2.50. The SMILES string of the molecule is CC1=C(P(=O)(O)O)S(=S)C=C1. The fourth-order valence-corrected chi connectivity index (χ4v) is 4.74. The largest absolute Gasteiger partial charge is 0.363 e. The Morgan fingerprint density at radius 2 is 2.18 bits per heavy atom. The molecule has 0 radical (unpaired) electrons. The summed E-state index contributed by atoms with van der Waals surface area (Å²) in [4.78, 5) is 17.6. The third-order valence-corrected chi connectivity index (χ3v) is 5.71. The van der Waals surface area contributed by atoms with Crippen molar-refractivity contribution in [3.8, 4) is 0 Å². The van der Waals surface area contributed by atoms with Crippen molar-refractivity contribution in [1.82, 2.24) is 0 Å². The summed E-state index contributed by atoms with van der Waals surface area (Å²) in [7, 11) is -4.89. The van der Waals surface area contributed by atoms with E-state index in [4.69, 9.17) is 21.0 Å². The van der Waals surface area contributed by atoms with Crippen LogP contribution in [0.25, 0.3) is 0 Å². The second-order valence-corrected chi connectivity index (χ2v) is 6.32. The van der Waals surface area contributed by atoms with Gasteiger partial charge in [0.25, 0.3) is 0 Å². The average molecular weight is 210 g/mol. The monoisotopic (exact) mass is 210 g/mol. The van der Waals surface area contributed by atoms with Crippen LogP contribution < -0.4 is 0 Å². The Hall–Kier alpha value is 0.200. The second kappa shape index (κ2) is 2.92. The van der Waals surface area contributed by atoms with Crippen LogP contribution in [0.2, 0.25) is 0 Å². The Kier molecular flexibility index (Phi) is 2.46. The molecule has 0 bridgehead atoms. The first kappa shape index (κ1) is 9.29. The van der Waals surface area contributed by atoms with Crippen molar-refractivity contribution < 1.29 is 14.4 Å². The molecule has 1 atom stereocenters. The van der Waals surface area contributed by atoms with Crippen molar-refractivity contribution in [3.05, 3.63) is 21.7 Å². The van der Waals surface area contributed by atoms with Crippen molar-refractivity contribution in [3.63, 3.8) is 0 Å². The van der Waals surface area contributed by atoms with Crippen molar-refractivity contribution in [1.29, 1.82) is 0 Å². The number of hydrogen-bond donors (Lipinski definition) is 2. The van der Waals surface area contributed by atoms with Gasteiger partial charge in [-0.15, -0.1) is 0 Å². The molecule has 0 spiro atoms. The molecule has 1 aliphatic rings. The first-order valence-electron chi connectivity index (χ1n) is 2.78. The van der Waals surface area contributed by atoms with Crippen LogP contribution in [0, 0.1) is 0 Å². The lowest BCUT2D eigenvalue weighted by Crippen LogP contribution is -1.89. The Labute approximate surface area is 71.6 Å². The first-order valence-corrected chi connectivity index (χ1v) is 6.61. The Morgan fingerprint density at radius 1 is 1.64 bits per heavy atom. The lowest BCUT2D eigenvalue weighted by molar-refractivity contribution is 0.385. The highest BCUT2D eigenvalue weighted by atomic mass is 32.8. The molecular weight excluding hydrogens is 203 g/mol. The zero-order valence-electron chi connectivity index (χ0n) is 5.72. The standard InChI is InChI=1S/C5H7O3PS2/c1-4-2-3-11(10)5(4)9(6,7)8/h2-3H,1H3,(H2,6,7,8). The summed E-state index contributed by atoms with van der Waals surface area (Å²) < 4.78 is 10.9. The molecule has 2 N–H and O–H groups in total. The van der Waals surface area contributed by atoms with E-state index < -0.39 is 17.1 Å². The van der Waals surface area contributed by atoms with Crippen molar-refractivity contribution in [2.45, 2.75) is 6.92 Å². The van der Waals surface area contributed by atoms with Crippen molar-refractivity contribution >= 4 is 28.2 Å². The van der Waals surface area contributed by atoms with Gasteiger partial charge in [0.1, 0.15) is 4.65 Å². The molecule has 1 heterocycles. The molecule has 1 aliphatic heterocycles. The van der Waals surface area contributed by atoms with Gasteiger partial charge < -0.3 is 9.79 Å². The van der Waals surface area contributed by atoms with E-state index in [0.29, 0.717) is 5.57 Å². The van der Waals surface area contributed by atoms with Crippen LogP contribution in [0.1, 0.15) is 6.92 Å². The third-order valence-electron chi connectivity index (χ3n) is 1.23. The van der Waals surface area contributed by atoms with Crippen LogP contribution in [0.5, 0.6) is 0 Å². The van der Waals surface area contributed by atoms with E-state index in [0.717, 1.165) is 0 Å². The summed E-state index contributed by atoms with van der Waals surface area (Å²) in [6.45, 7) is 1.66. The van der Waals surface area contributed by atoms with Crippen molar-refractivity contribution in [2.24, 2.45) is 0 Å². The van der Waals surface area contributed by atoms with Gasteiger partial charge in [-0.05, 0) is 29.1 Å². The molecule has 0 fully saturated rings. The van der Waals surface area contributed by atoms with Gasteiger partial charge in [-0.25, -0.2) is 0 Å². The molecular formula is C5H7O3PS2. The van der Waals surface area contributed by atoms with E-state index in [9.17, 15) is 4.57 Å². The predicted octanol–water partition coefficient (Wildman–Crippen LogP) is 1.00. The topological polar surface area (TPSA) is 57.5 Å². The Bertz CT molecular complexity index is 312. The van der Waals surface area contributed by atoms with Gasteiger partial charge in [-0.2, -0.15) is 0 Å². The summed E-state index contributed by atoms with van der Waals surface area (Å²) in [5, 5.41) is 1.64. The van der Waals surface area contributed by atoms with Crippen LogP contribution in [0.3, 0.4) is 0 Å². The van der Waals surface area contributed by atoms with E-state index in [1.165, 1.54) is 0 Å². The zero-order valence-corrected chi connectivity index (χ0v) is 8.25. The predicted molar refractivity (Wildman–Crippen MR) is 48.6 cm³/mol.